The van der Waals surface area contributed by atoms with Gasteiger partial charge in [0, 0.05) is 24.5 Å². The summed E-state index contributed by atoms with van der Waals surface area (Å²) in [5.74, 6) is -1.67. The maximum atomic E-state index is 13.6. The lowest BCUT2D eigenvalue weighted by Gasteiger charge is -2.25. The fourth-order valence-electron chi connectivity index (χ4n) is 4.89. The first-order chi connectivity index (χ1) is 20.8. The molecule has 1 aromatic carbocycles. The normalized spacial score (nSPS) is 20.3. The Morgan fingerprint density at radius 2 is 1.88 bits per heavy atom. The van der Waals surface area contributed by atoms with Crippen molar-refractivity contribution >= 4 is 40.6 Å². The van der Waals surface area contributed by atoms with Crippen LogP contribution >= 0.6 is 11.3 Å². The maximum Gasteiger partial charge on any atom is 0.272 e. The Bertz CT molecular complexity index is 1600. The molecule has 0 spiro atoms. The van der Waals surface area contributed by atoms with Crippen molar-refractivity contribution in [3.63, 3.8) is 0 Å². The quantitative estimate of drug-likeness (QED) is 0.273. The maximum absolute atomic E-state index is 13.6. The van der Waals surface area contributed by atoms with Gasteiger partial charge in [-0.3, -0.25) is 19.2 Å². The monoisotopic (exact) mass is 602 g/mol. The molecule has 4 aromatic rings. The minimum absolute atomic E-state index is 0.0548. The van der Waals surface area contributed by atoms with Crippen molar-refractivity contribution in [2.75, 3.05) is 6.54 Å². The molecule has 0 unspecified atom stereocenters. The van der Waals surface area contributed by atoms with Crippen LogP contribution in [0.4, 0.5) is 0 Å². The second kappa shape index (κ2) is 13.6. The zero-order valence-corrected chi connectivity index (χ0v) is 24.8. The molecule has 4 N–H and O–H groups in total. The van der Waals surface area contributed by atoms with Crippen molar-refractivity contribution < 1.29 is 19.2 Å². The van der Waals surface area contributed by atoms with Gasteiger partial charge in [-0.2, -0.15) is 5.10 Å². The number of amides is 4. The van der Waals surface area contributed by atoms with Crippen molar-refractivity contribution in [3.8, 4) is 0 Å². The van der Waals surface area contributed by atoms with Crippen LogP contribution in [0.15, 0.2) is 60.2 Å². The second-order valence-corrected chi connectivity index (χ2v) is 11.7. The molecular formula is C30H34N8O4S. The summed E-state index contributed by atoms with van der Waals surface area (Å²) in [6.45, 7) is 4.24. The number of nitrogens with one attached hydrogen (secondary N) is 4. The Morgan fingerprint density at radius 3 is 2.67 bits per heavy atom. The van der Waals surface area contributed by atoms with Gasteiger partial charge < -0.3 is 21.3 Å². The molecule has 3 atom stereocenters. The Balaban J connectivity index is 1.38. The van der Waals surface area contributed by atoms with E-state index in [0.717, 1.165) is 5.56 Å². The van der Waals surface area contributed by atoms with Gasteiger partial charge in [0.2, 0.25) is 11.8 Å². The predicted octanol–water partition coefficient (Wildman–Crippen LogP) is 2.44. The smallest absolute Gasteiger partial charge is 0.272 e. The fourth-order valence-corrected chi connectivity index (χ4v) is 5.91. The highest BCUT2D eigenvalue weighted by atomic mass is 32.1. The number of thiazole rings is 1. The van der Waals surface area contributed by atoms with Gasteiger partial charge >= 0.3 is 0 Å². The lowest BCUT2D eigenvalue weighted by molar-refractivity contribution is -0.124. The van der Waals surface area contributed by atoms with E-state index in [1.54, 1.807) is 23.7 Å². The van der Waals surface area contributed by atoms with Crippen LogP contribution in [0.3, 0.4) is 0 Å². The van der Waals surface area contributed by atoms with Gasteiger partial charge in [0.25, 0.3) is 11.8 Å². The van der Waals surface area contributed by atoms with Crippen LogP contribution < -0.4 is 21.3 Å². The summed E-state index contributed by atoms with van der Waals surface area (Å²) in [7, 11) is 0. The van der Waals surface area contributed by atoms with E-state index >= 15 is 0 Å². The highest BCUT2D eigenvalue weighted by Crippen LogP contribution is 2.26. The Hall–Kier alpha value is -4.65. The molecule has 224 valence electrons. The first-order valence-corrected chi connectivity index (χ1v) is 15.2. The number of benzene rings is 1. The number of fused-ring (bicyclic) bond motifs is 3. The minimum atomic E-state index is -0.861. The highest BCUT2D eigenvalue weighted by molar-refractivity contribution is 7.09. The largest absolute Gasteiger partial charge is 0.354 e. The Morgan fingerprint density at radius 1 is 1.07 bits per heavy atom. The van der Waals surface area contributed by atoms with Crippen LogP contribution in [0.2, 0.25) is 0 Å². The van der Waals surface area contributed by atoms with Crippen molar-refractivity contribution in [1.82, 2.24) is 40.8 Å². The van der Waals surface area contributed by atoms with E-state index in [1.807, 2.05) is 44.2 Å². The lowest BCUT2D eigenvalue weighted by Crippen LogP contribution is -2.49. The van der Waals surface area contributed by atoms with Crippen LogP contribution in [-0.2, 0) is 16.0 Å². The van der Waals surface area contributed by atoms with Gasteiger partial charge in [0.15, 0.2) is 5.65 Å². The molecule has 2 bridgehead atoms. The van der Waals surface area contributed by atoms with E-state index in [0.29, 0.717) is 42.9 Å². The number of hydrogen-bond donors (Lipinski definition) is 4. The minimum Gasteiger partial charge on any atom is -0.354 e. The number of hydrogen-bond acceptors (Lipinski definition) is 8. The second-order valence-electron chi connectivity index (χ2n) is 10.8. The third kappa shape index (κ3) is 7.23. The molecule has 12 nitrogen and oxygen atoms in total. The van der Waals surface area contributed by atoms with Gasteiger partial charge in [-0.05, 0) is 42.9 Å². The number of rotatable bonds is 5. The molecule has 0 saturated carbocycles. The van der Waals surface area contributed by atoms with E-state index in [-0.39, 0.29) is 29.1 Å². The zero-order chi connectivity index (χ0) is 30.3. The molecule has 0 saturated heterocycles. The molecule has 4 heterocycles. The van der Waals surface area contributed by atoms with Crippen LogP contribution in [0, 0.1) is 5.92 Å². The number of aromatic nitrogens is 4. The molecule has 3 aromatic heterocycles. The van der Waals surface area contributed by atoms with Gasteiger partial charge in [-0.1, -0.05) is 44.2 Å². The Kier molecular flexibility index (Phi) is 9.40. The average Bonchev–Trinajstić information content (AvgIpc) is 3.66. The molecule has 1 aliphatic heterocycles. The summed E-state index contributed by atoms with van der Waals surface area (Å²) >= 11 is 1.26. The third-order valence-corrected chi connectivity index (χ3v) is 8.17. The molecule has 5 rings (SSSR count). The van der Waals surface area contributed by atoms with Crippen LogP contribution in [-0.4, -0.2) is 61.8 Å². The standard InChI is InChI=1S/C30H34N8O4S/c1-18(2)25-30-36-22(17-43-30)28(41)35-21(15-19-9-4-3-5-10-19)26(39)31-13-7-6-11-20(27(40)37-25)34-29(42)23-16-32-24-12-8-14-33-38(23)24/h3-5,8-10,12,14,16-18,20-21,25H,6-7,11,13,15H2,1-2H3,(H,31,39)(H,34,42)(H,35,41)(H,37,40)/t20-,21+,25+/m0/s1. The first-order valence-electron chi connectivity index (χ1n) is 14.3. The van der Waals surface area contributed by atoms with Gasteiger partial charge in [0.1, 0.15) is 28.5 Å². The number of carbonyl (C=O) groups excluding carboxylic acids is 4. The van der Waals surface area contributed by atoms with Crippen molar-refractivity contribution in [2.24, 2.45) is 5.92 Å². The fraction of sp³-hybridized carbons (Fsp3) is 0.367. The van der Waals surface area contributed by atoms with Crippen molar-refractivity contribution in [1.29, 1.82) is 0 Å². The summed E-state index contributed by atoms with van der Waals surface area (Å²) in [6, 6.07) is 10.8. The van der Waals surface area contributed by atoms with Crippen LogP contribution in [0.25, 0.3) is 5.65 Å². The number of imidazole rings is 1. The molecule has 0 radical (unpaired) electrons. The molecule has 4 amide bonds. The SMILES string of the molecule is CC(C)[C@H]1NC(=O)[C@@H](NC(=O)c2cnc3cccnn23)CCCCNC(=O)[C@@H](Cc2ccccc2)NC(=O)c2csc1n2. The van der Waals surface area contributed by atoms with Gasteiger partial charge in [-0.25, -0.2) is 14.5 Å². The zero-order valence-electron chi connectivity index (χ0n) is 23.9. The Labute approximate surface area is 252 Å². The first kappa shape index (κ1) is 29.8. The molecule has 0 aliphatic carbocycles. The summed E-state index contributed by atoms with van der Waals surface area (Å²) in [4.78, 5) is 62.0. The third-order valence-electron chi connectivity index (χ3n) is 7.24. The molecule has 0 fully saturated rings. The van der Waals surface area contributed by atoms with E-state index < -0.39 is 29.9 Å². The summed E-state index contributed by atoms with van der Waals surface area (Å²) < 4.78 is 1.42. The van der Waals surface area contributed by atoms with Crippen molar-refractivity contribution in [3.05, 3.63) is 82.2 Å². The average molecular weight is 603 g/mol. The topological polar surface area (TPSA) is 159 Å². The van der Waals surface area contributed by atoms with E-state index in [2.05, 4.69) is 36.3 Å². The number of carbonyl (C=O) groups is 4. The van der Waals surface area contributed by atoms with E-state index in [4.69, 9.17) is 0 Å². The van der Waals surface area contributed by atoms with E-state index in [1.165, 1.54) is 22.0 Å². The van der Waals surface area contributed by atoms with Gasteiger partial charge in [-0.15, -0.1) is 11.3 Å². The summed E-state index contributed by atoms with van der Waals surface area (Å²) in [6.07, 6.45) is 4.76. The summed E-state index contributed by atoms with van der Waals surface area (Å²) in [5, 5.41) is 18.0. The molecule has 13 heteroatoms. The highest BCUT2D eigenvalue weighted by Gasteiger charge is 2.30. The molecular weight excluding hydrogens is 568 g/mol. The van der Waals surface area contributed by atoms with Gasteiger partial charge in [0.05, 0.1) is 12.2 Å². The lowest BCUT2D eigenvalue weighted by atomic mass is 10.0. The van der Waals surface area contributed by atoms with Crippen molar-refractivity contribution in [2.45, 2.75) is 57.7 Å². The molecule has 43 heavy (non-hydrogen) atoms. The van der Waals surface area contributed by atoms with Crippen LogP contribution in [0.5, 0.6) is 0 Å². The predicted molar refractivity (Wildman–Crippen MR) is 160 cm³/mol. The van der Waals surface area contributed by atoms with E-state index in [9.17, 15) is 19.2 Å². The number of nitrogens with zero attached hydrogens (tertiary/aromatic N) is 4. The van der Waals surface area contributed by atoms with Crippen LogP contribution in [0.1, 0.15) is 70.7 Å². The summed E-state index contributed by atoms with van der Waals surface area (Å²) in [5.41, 5.74) is 1.81. The molecule has 1 aliphatic rings.